The van der Waals surface area contributed by atoms with Gasteiger partial charge >= 0.3 is 0 Å². The van der Waals surface area contributed by atoms with Gasteiger partial charge in [-0.25, -0.2) is 4.98 Å². The zero-order chi connectivity index (χ0) is 13.3. The van der Waals surface area contributed by atoms with E-state index in [1.165, 1.54) is 0 Å². The maximum Gasteiger partial charge on any atom is 0.290 e. The van der Waals surface area contributed by atoms with Gasteiger partial charge in [-0.15, -0.1) is 5.10 Å². The van der Waals surface area contributed by atoms with Gasteiger partial charge in [0.05, 0.1) is 0 Å². The second-order valence-corrected chi connectivity index (χ2v) is 6.50. The lowest BCUT2D eigenvalue weighted by atomic mass is 9.96. The molecule has 5 nitrogen and oxygen atoms in total. The first-order valence-electron chi connectivity index (χ1n) is 5.81. The van der Waals surface area contributed by atoms with Gasteiger partial charge in [0.15, 0.2) is 0 Å². The van der Waals surface area contributed by atoms with Gasteiger partial charge in [-0.05, 0) is 5.41 Å². The summed E-state index contributed by atoms with van der Waals surface area (Å²) in [6.07, 6.45) is 0. The number of aromatic nitrogens is 3. The van der Waals surface area contributed by atoms with E-state index in [-0.39, 0.29) is 22.6 Å². The molecule has 0 spiro atoms. The normalized spacial score (nSPS) is 12.6. The molecule has 1 aromatic heterocycles. The number of hydrogen-bond donors (Lipinski definition) is 2. The fourth-order valence-electron chi connectivity index (χ4n) is 1.12. The van der Waals surface area contributed by atoms with Gasteiger partial charge in [-0.3, -0.25) is 9.89 Å². The molecule has 0 saturated heterocycles. The summed E-state index contributed by atoms with van der Waals surface area (Å²) < 4.78 is 0. The lowest BCUT2D eigenvalue weighted by Crippen LogP contribution is -2.33. The molecule has 1 aromatic rings. The second kappa shape index (κ2) is 4.47. The summed E-state index contributed by atoms with van der Waals surface area (Å²) in [4.78, 5) is 16.0. The summed E-state index contributed by atoms with van der Waals surface area (Å²) in [5.74, 6) is 0.698. The van der Waals surface area contributed by atoms with Crippen molar-refractivity contribution in [2.24, 2.45) is 5.41 Å². The molecule has 0 fully saturated rings. The number of carbonyl (C=O) groups is 1. The summed E-state index contributed by atoms with van der Waals surface area (Å²) in [5.41, 5.74) is -0.0750. The van der Waals surface area contributed by atoms with Gasteiger partial charge in [-0.1, -0.05) is 41.5 Å². The van der Waals surface area contributed by atoms with Crippen molar-refractivity contribution in [3.63, 3.8) is 0 Å². The summed E-state index contributed by atoms with van der Waals surface area (Å²) in [6, 6.07) is 0. The van der Waals surface area contributed by atoms with Crippen LogP contribution >= 0.6 is 0 Å². The summed E-state index contributed by atoms with van der Waals surface area (Å²) in [7, 11) is 0. The molecule has 2 N–H and O–H groups in total. The van der Waals surface area contributed by atoms with Crippen molar-refractivity contribution in [3.8, 4) is 0 Å². The van der Waals surface area contributed by atoms with Crippen molar-refractivity contribution in [1.29, 1.82) is 0 Å². The first-order valence-corrected chi connectivity index (χ1v) is 5.81. The maximum absolute atomic E-state index is 11.8. The number of hydrogen-bond acceptors (Lipinski definition) is 3. The minimum Gasteiger partial charge on any atom is -0.349 e. The van der Waals surface area contributed by atoms with E-state index in [1.54, 1.807) is 0 Å². The minimum absolute atomic E-state index is 0.0544. The lowest BCUT2D eigenvalue weighted by molar-refractivity contribution is 0.0929. The lowest BCUT2D eigenvalue weighted by Gasteiger charge is -2.17. The Kier molecular flexibility index (Phi) is 3.59. The Morgan fingerprint density at radius 1 is 1.24 bits per heavy atom. The van der Waals surface area contributed by atoms with Crippen molar-refractivity contribution < 1.29 is 4.79 Å². The van der Waals surface area contributed by atoms with Crippen LogP contribution in [0.2, 0.25) is 0 Å². The molecular weight excluding hydrogens is 216 g/mol. The zero-order valence-corrected chi connectivity index (χ0v) is 11.5. The summed E-state index contributed by atoms with van der Waals surface area (Å²) >= 11 is 0. The molecule has 1 amide bonds. The zero-order valence-electron chi connectivity index (χ0n) is 11.5. The third-order valence-electron chi connectivity index (χ3n) is 2.18. The van der Waals surface area contributed by atoms with Crippen LogP contribution in [0.15, 0.2) is 0 Å². The standard InChI is InChI=1S/C12H22N4O/c1-11(2,3)7-13-9(17)8-14-10(16-15-8)12(4,5)6/h7H2,1-6H3,(H,13,17)(H,14,15,16). The molecule has 0 saturated carbocycles. The molecule has 0 aliphatic rings. The van der Waals surface area contributed by atoms with Crippen LogP contribution in [0.4, 0.5) is 0 Å². The average molecular weight is 238 g/mol. The van der Waals surface area contributed by atoms with Gasteiger partial charge in [0, 0.05) is 12.0 Å². The fourth-order valence-corrected chi connectivity index (χ4v) is 1.12. The predicted octanol–water partition coefficient (Wildman–Crippen LogP) is 1.88. The van der Waals surface area contributed by atoms with E-state index in [4.69, 9.17) is 0 Å². The number of aromatic amines is 1. The van der Waals surface area contributed by atoms with Crippen LogP contribution < -0.4 is 5.32 Å². The van der Waals surface area contributed by atoms with Crippen LogP contribution in [0, 0.1) is 5.41 Å². The summed E-state index contributed by atoms with van der Waals surface area (Å²) in [6.45, 7) is 12.8. The molecule has 1 heterocycles. The van der Waals surface area contributed by atoms with E-state index in [0.717, 1.165) is 5.82 Å². The van der Waals surface area contributed by atoms with E-state index >= 15 is 0 Å². The summed E-state index contributed by atoms with van der Waals surface area (Å²) in [5, 5.41) is 9.56. The van der Waals surface area contributed by atoms with E-state index < -0.39 is 0 Å². The number of H-pyrrole nitrogens is 1. The topological polar surface area (TPSA) is 70.7 Å². The Balaban J connectivity index is 2.68. The quantitative estimate of drug-likeness (QED) is 0.826. The van der Waals surface area contributed by atoms with Gasteiger partial charge < -0.3 is 5.32 Å². The Bertz CT molecular complexity index is 395. The molecule has 5 heteroatoms. The van der Waals surface area contributed by atoms with Gasteiger partial charge in [0.1, 0.15) is 5.82 Å². The van der Waals surface area contributed by atoms with Gasteiger partial charge in [0.25, 0.3) is 5.91 Å². The third kappa shape index (κ3) is 4.17. The SMILES string of the molecule is CC(C)(C)CNC(=O)c1n[nH]c(C(C)(C)C)n1. The molecule has 0 bridgehead atoms. The Hall–Kier alpha value is -1.39. The Morgan fingerprint density at radius 2 is 1.82 bits per heavy atom. The molecule has 1 rings (SSSR count). The third-order valence-corrected chi connectivity index (χ3v) is 2.18. The van der Waals surface area contributed by atoms with Crippen LogP contribution in [0.1, 0.15) is 58.0 Å². The molecule has 0 aliphatic heterocycles. The first-order chi connectivity index (χ1) is 7.59. The highest BCUT2D eigenvalue weighted by Gasteiger charge is 2.21. The molecular formula is C12H22N4O. The predicted molar refractivity (Wildman–Crippen MR) is 66.9 cm³/mol. The number of carbonyl (C=O) groups excluding carboxylic acids is 1. The number of nitrogens with one attached hydrogen (secondary N) is 2. The highest BCUT2D eigenvalue weighted by molar-refractivity contribution is 5.90. The van der Waals surface area contributed by atoms with Crippen molar-refractivity contribution in [2.75, 3.05) is 6.54 Å². The average Bonchev–Trinajstić information content (AvgIpc) is 2.60. The van der Waals surface area contributed by atoms with Crippen molar-refractivity contribution in [3.05, 3.63) is 11.6 Å². The van der Waals surface area contributed by atoms with E-state index in [0.29, 0.717) is 6.54 Å². The van der Waals surface area contributed by atoms with Gasteiger partial charge in [-0.2, -0.15) is 0 Å². The van der Waals surface area contributed by atoms with Crippen LogP contribution in [0.3, 0.4) is 0 Å². The van der Waals surface area contributed by atoms with E-state index in [2.05, 4.69) is 41.3 Å². The fraction of sp³-hybridized carbons (Fsp3) is 0.750. The van der Waals surface area contributed by atoms with Crippen molar-refractivity contribution in [1.82, 2.24) is 20.5 Å². The number of rotatable bonds is 2. The van der Waals surface area contributed by atoms with Crippen LogP contribution in [-0.4, -0.2) is 27.6 Å². The van der Waals surface area contributed by atoms with Gasteiger partial charge in [0.2, 0.25) is 5.82 Å². The van der Waals surface area contributed by atoms with Crippen LogP contribution in [0.25, 0.3) is 0 Å². The monoisotopic (exact) mass is 238 g/mol. The largest absolute Gasteiger partial charge is 0.349 e. The molecule has 0 atom stereocenters. The molecule has 0 radical (unpaired) electrons. The van der Waals surface area contributed by atoms with Crippen LogP contribution in [-0.2, 0) is 5.41 Å². The molecule has 17 heavy (non-hydrogen) atoms. The molecule has 0 aromatic carbocycles. The van der Waals surface area contributed by atoms with E-state index in [9.17, 15) is 4.79 Å². The van der Waals surface area contributed by atoms with Crippen molar-refractivity contribution >= 4 is 5.91 Å². The molecule has 0 unspecified atom stereocenters. The highest BCUT2D eigenvalue weighted by atomic mass is 16.2. The Morgan fingerprint density at radius 3 is 2.24 bits per heavy atom. The number of amides is 1. The molecule has 0 aliphatic carbocycles. The van der Waals surface area contributed by atoms with Crippen LogP contribution in [0.5, 0.6) is 0 Å². The second-order valence-electron chi connectivity index (χ2n) is 6.50. The maximum atomic E-state index is 11.8. The Labute approximate surface area is 102 Å². The van der Waals surface area contributed by atoms with E-state index in [1.807, 2.05) is 20.8 Å². The first kappa shape index (κ1) is 13.7. The highest BCUT2D eigenvalue weighted by Crippen LogP contribution is 2.17. The number of nitrogens with zero attached hydrogens (tertiary/aromatic N) is 2. The molecule has 96 valence electrons. The van der Waals surface area contributed by atoms with Crippen molar-refractivity contribution in [2.45, 2.75) is 47.0 Å². The minimum atomic E-state index is -0.230. The smallest absolute Gasteiger partial charge is 0.290 e.